The Balaban J connectivity index is 2.72. The van der Waals surface area contributed by atoms with Crippen LogP contribution >= 0.6 is 15.9 Å². The minimum atomic E-state index is -3.81. The lowest BCUT2D eigenvalue weighted by molar-refractivity contribution is -0.0278. The van der Waals surface area contributed by atoms with Crippen molar-refractivity contribution in [2.24, 2.45) is 0 Å². The van der Waals surface area contributed by atoms with E-state index in [9.17, 15) is 17.6 Å². The lowest BCUT2D eigenvalue weighted by Gasteiger charge is -1.87. The fourth-order valence-corrected chi connectivity index (χ4v) is 0.784. The first kappa shape index (κ1) is 6.32. The van der Waals surface area contributed by atoms with Crippen LogP contribution in [-0.4, -0.2) is 16.7 Å². The minimum absolute atomic E-state index is 1.94. The Morgan fingerprint density at radius 1 is 1.00 bits per heavy atom. The van der Waals surface area contributed by atoms with Crippen LogP contribution in [0.1, 0.15) is 0 Å². The van der Waals surface area contributed by atoms with Crippen LogP contribution in [-0.2, 0) is 0 Å². The van der Waals surface area contributed by atoms with Crippen LogP contribution in [0.2, 0.25) is 0 Å². The van der Waals surface area contributed by atoms with Gasteiger partial charge in [0.15, 0.2) is 4.83 Å². The van der Waals surface area contributed by atoms with Crippen molar-refractivity contribution in [2.45, 2.75) is 16.7 Å². The molecule has 0 amide bonds. The molecule has 0 aromatic carbocycles. The molecule has 0 atom stereocenters. The van der Waals surface area contributed by atoms with Gasteiger partial charge in [-0.1, -0.05) is 15.9 Å². The average Bonchev–Trinajstić information content (AvgIpc) is 1.88. The van der Waals surface area contributed by atoms with Gasteiger partial charge < -0.3 is 0 Å². The third kappa shape index (κ3) is 0.455. The van der Waals surface area contributed by atoms with E-state index in [1.165, 1.54) is 0 Å². The molecule has 0 unspecified atom stereocenters. The predicted molar refractivity (Wildman–Crippen MR) is 22.6 cm³/mol. The zero-order valence-electron chi connectivity index (χ0n) is 3.47. The second-order valence-corrected chi connectivity index (χ2v) is 2.52. The minimum Gasteiger partial charge on any atom is -0.198 e. The fraction of sp³-hybridized carbons (Fsp3) is 1.00. The Bertz CT molecular complexity index is 106. The van der Waals surface area contributed by atoms with Crippen LogP contribution in [0, 0.1) is 0 Å². The largest absolute Gasteiger partial charge is 0.329 e. The van der Waals surface area contributed by atoms with Gasteiger partial charge in [0.2, 0.25) is 0 Å². The quantitative estimate of drug-likeness (QED) is 0.407. The molecule has 0 saturated heterocycles. The van der Waals surface area contributed by atoms with Gasteiger partial charge in [0.05, 0.1) is 0 Å². The van der Waals surface area contributed by atoms with Crippen LogP contribution in [0.5, 0.6) is 0 Å². The van der Waals surface area contributed by atoms with E-state index < -0.39 is 16.7 Å². The Labute approximate surface area is 51.0 Å². The van der Waals surface area contributed by atoms with Crippen molar-refractivity contribution in [3.8, 4) is 0 Å². The molecular weight excluding hydrogens is 192 g/mol. The smallest absolute Gasteiger partial charge is 0.198 e. The van der Waals surface area contributed by atoms with Crippen LogP contribution in [0.25, 0.3) is 0 Å². The van der Waals surface area contributed by atoms with E-state index in [1.54, 1.807) is 0 Å². The summed E-state index contributed by atoms with van der Waals surface area (Å²) in [6.45, 7) is 0. The molecule has 1 fully saturated rings. The highest BCUT2D eigenvalue weighted by molar-refractivity contribution is 9.09. The third-order valence-corrected chi connectivity index (χ3v) is 2.15. The standard InChI is InChI=1S/C3HBrF4/c4-1-2(5,6)3(1,7)8/h1H. The average molecular weight is 193 g/mol. The van der Waals surface area contributed by atoms with Gasteiger partial charge in [0.1, 0.15) is 0 Å². The lowest BCUT2D eigenvalue weighted by Crippen LogP contribution is -2.02. The molecule has 1 aliphatic carbocycles. The van der Waals surface area contributed by atoms with Gasteiger partial charge in [-0.15, -0.1) is 0 Å². The Kier molecular flexibility index (Phi) is 0.947. The molecule has 0 aromatic heterocycles. The summed E-state index contributed by atoms with van der Waals surface area (Å²) in [5, 5.41) is 0. The molecule has 0 aliphatic heterocycles. The highest BCUT2D eigenvalue weighted by Crippen LogP contribution is 2.61. The molecule has 1 saturated carbocycles. The first-order valence-corrected chi connectivity index (χ1v) is 2.72. The zero-order chi connectivity index (χ0) is 6.58. The second-order valence-electron chi connectivity index (χ2n) is 1.61. The molecule has 0 spiro atoms. The molecule has 0 N–H and O–H groups in total. The molecule has 48 valence electrons. The first-order valence-electron chi connectivity index (χ1n) is 1.80. The first-order chi connectivity index (χ1) is 3.40. The Hall–Kier alpha value is 0.200. The number of halogens is 5. The van der Waals surface area contributed by atoms with Crippen molar-refractivity contribution in [2.75, 3.05) is 0 Å². The summed E-state index contributed by atoms with van der Waals surface area (Å²) in [5.41, 5.74) is 0. The van der Waals surface area contributed by atoms with Crippen LogP contribution in [0.4, 0.5) is 17.6 Å². The summed E-state index contributed by atoms with van der Waals surface area (Å²) >= 11 is 2.12. The molecule has 0 heterocycles. The van der Waals surface area contributed by atoms with E-state index in [4.69, 9.17) is 0 Å². The zero-order valence-corrected chi connectivity index (χ0v) is 5.05. The molecule has 8 heavy (non-hydrogen) atoms. The monoisotopic (exact) mass is 192 g/mol. The van der Waals surface area contributed by atoms with Crippen molar-refractivity contribution in [1.29, 1.82) is 0 Å². The maximum absolute atomic E-state index is 11.5. The summed E-state index contributed by atoms with van der Waals surface area (Å²) in [5.74, 6) is -7.62. The Morgan fingerprint density at radius 2 is 1.12 bits per heavy atom. The maximum Gasteiger partial charge on any atom is 0.329 e. The summed E-state index contributed by atoms with van der Waals surface area (Å²) in [4.78, 5) is -1.94. The van der Waals surface area contributed by atoms with Crippen LogP contribution in [0.15, 0.2) is 0 Å². The highest BCUT2D eigenvalue weighted by Gasteiger charge is 2.84. The lowest BCUT2D eigenvalue weighted by atomic mass is 10.8. The van der Waals surface area contributed by atoms with Crippen molar-refractivity contribution in [3.05, 3.63) is 0 Å². The molecule has 0 radical (unpaired) electrons. The van der Waals surface area contributed by atoms with E-state index in [-0.39, 0.29) is 0 Å². The molecule has 5 heteroatoms. The predicted octanol–water partition coefficient (Wildman–Crippen LogP) is 2.03. The molecule has 1 rings (SSSR count). The van der Waals surface area contributed by atoms with E-state index in [1.807, 2.05) is 0 Å². The summed E-state index contributed by atoms with van der Waals surface area (Å²) in [7, 11) is 0. The van der Waals surface area contributed by atoms with Crippen LogP contribution in [0.3, 0.4) is 0 Å². The normalized spacial score (nSPS) is 32.6. The summed E-state index contributed by atoms with van der Waals surface area (Å²) in [6, 6.07) is 0. The molecule has 0 bridgehead atoms. The van der Waals surface area contributed by atoms with E-state index >= 15 is 0 Å². The highest BCUT2D eigenvalue weighted by atomic mass is 79.9. The topological polar surface area (TPSA) is 0 Å². The van der Waals surface area contributed by atoms with Gasteiger partial charge in [-0.25, -0.2) is 0 Å². The van der Waals surface area contributed by atoms with E-state index in [0.29, 0.717) is 0 Å². The van der Waals surface area contributed by atoms with Crippen LogP contribution < -0.4 is 0 Å². The number of hydrogen-bond acceptors (Lipinski definition) is 0. The van der Waals surface area contributed by atoms with Crippen molar-refractivity contribution < 1.29 is 17.6 Å². The van der Waals surface area contributed by atoms with Crippen molar-refractivity contribution in [1.82, 2.24) is 0 Å². The fourth-order valence-electron chi connectivity index (χ4n) is 0.306. The Morgan fingerprint density at radius 3 is 1.12 bits per heavy atom. The molecule has 0 nitrogen and oxygen atoms in total. The van der Waals surface area contributed by atoms with Gasteiger partial charge in [-0.3, -0.25) is 0 Å². The molecule has 0 aromatic rings. The van der Waals surface area contributed by atoms with Gasteiger partial charge in [0.25, 0.3) is 0 Å². The van der Waals surface area contributed by atoms with Gasteiger partial charge in [-0.2, -0.15) is 17.6 Å². The summed E-state index contributed by atoms with van der Waals surface area (Å²) in [6.07, 6.45) is 0. The molecular formula is C3HBrF4. The number of rotatable bonds is 0. The number of hydrogen-bond donors (Lipinski definition) is 0. The van der Waals surface area contributed by atoms with Crippen molar-refractivity contribution >= 4 is 15.9 Å². The van der Waals surface area contributed by atoms with E-state index in [2.05, 4.69) is 15.9 Å². The summed E-state index contributed by atoms with van der Waals surface area (Å²) < 4.78 is 46.0. The maximum atomic E-state index is 11.5. The third-order valence-electron chi connectivity index (χ3n) is 0.998. The van der Waals surface area contributed by atoms with Crippen molar-refractivity contribution in [3.63, 3.8) is 0 Å². The van der Waals surface area contributed by atoms with Gasteiger partial charge in [-0.05, 0) is 0 Å². The molecule has 1 aliphatic rings. The second kappa shape index (κ2) is 1.20. The van der Waals surface area contributed by atoms with Gasteiger partial charge in [0, 0.05) is 0 Å². The van der Waals surface area contributed by atoms with E-state index in [0.717, 1.165) is 0 Å². The number of alkyl halides is 5. The van der Waals surface area contributed by atoms with Gasteiger partial charge >= 0.3 is 11.8 Å². The SMILES string of the molecule is FC1(F)C(Br)C1(F)F.